The Labute approximate surface area is 192 Å². The summed E-state index contributed by atoms with van der Waals surface area (Å²) in [6.07, 6.45) is 5.87. The summed E-state index contributed by atoms with van der Waals surface area (Å²) in [6.45, 7) is 1.91. The molecule has 1 atom stereocenters. The molecule has 1 aliphatic carbocycles. The van der Waals surface area contributed by atoms with Crippen molar-refractivity contribution in [3.05, 3.63) is 52.5 Å². The van der Waals surface area contributed by atoms with E-state index in [0.29, 0.717) is 5.75 Å². The van der Waals surface area contributed by atoms with E-state index >= 15 is 0 Å². The maximum atomic E-state index is 12.8. The largest absolute Gasteiger partial charge is 0.484 e. The monoisotopic (exact) mass is 506 g/mol. The molecule has 1 aliphatic heterocycles. The SMILES string of the molecule is CC1Cc2cc(Br)ccc2N1C(=O)COc1ccc(S(=O)(=O)NC2CCCCC2)cc1. The van der Waals surface area contributed by atoms with Gasteiger partial charge in [-0.15, -0.1) is 0 Å². The molecule has 1 heterocycles. The van der Waals surface area contributed by atoms with E-state index in [0.717, 1.165) is 47.8 Å². The van der Waals surface area contributed by atoms with Gasteiger partial charge in [0.2, 0.25) is 10.0 Å². The predicted molar refractivity (Wildman–Crippen MR) is 124 cm³/mol. The Morgan fingerprint density at radius 1 is 1.13 bits per heavy atom. The van der Waals surface area contributed by atoms with Crippen molar-refractivity contribution in [3.8, 4) is 5.75 Å². The number of nitrogens with one attached hydrogen (secondary N) is 1. The van der Waals surface area contributed by atoms with E-state index in [1.54, 1.807) is 17.0 Å². The molecule has 1 fully saturated rings. The van der Waals surface area contributed by atoms with Gasteiger partial charge in [0, 0.05) is 22.2 Å². The molecule has 2 aliphatic rings. The third-order valence-electron chi connectivity index (χ3n) is 5.95. The van der Waals surface area contributed by atoms with E-state index in [9.17, 15) is 13.2 Å². The molecule has 4 rings (SSSR count). The van der Waals surface area contributed by atoms with Gasteiger partial charge in [-0.05, 0) is 74.2 Å². The van der Waals surface area contributed by atoms with Gasteiger partial charge in [-0.1, -0.05) is 35.2 Å². The smallest absolute Gasteiger partial charge is 0.265 e. The van der Waals surface area contributed by atoms with E-state index in [-0.39, 0.29) is 29.5 Å². The minimum atomic E-state index is -3.55. The molecule has 166 valence electrons. The van der Waals surface area contributed by atoms with Crippen LogP contribution in [-0.2, 0) is 21.2 Å². The molecule has 1 saturated carbocycles. The van der Waals surface area contributed by atoms with Crippen LogP contribution in [0.2, 0.25) is 0 Å². The molecule has 1 unspecified atom stereocenters. The van der Waals surface area contributed by atoms with Crippen LogP contribution in [0.25, 0.3) is 0 Å². The van der Waals surface area contributed by atoms with Crippen molar-refractivity contribution in [2.45, 2.75) is 62.4 Å². The molecule has 31 heavy (non-hydrogen) atoms. The van der Waals surface area contributed by atoms with Crippen LogP contribution in [0.3, 0.4) is 0 Å². The van der Waals surface area contributed by atoms with Gasteiger partial charge < -0.3 is 9.64 Å². The number of amides is 1. The third kappa shape index (κ3) is 5.13. The number of carbonyl (C=O) groups excluding carboxylic acids is 1. The number of sulfonamides is 1. The number of benzene rings is 2. The maximum absolute atomic E-state index is 12.8. The van der Waals surface area contributed by atoms with E-state index in [4.69, 9.17) is 4.74 Å². The first kappa shape index (κ1) is 22.3. The number of halogens is 1. The summed E-state index contributed by atoms with van der Waals surface area (Å²) in [4.78, 5) is 14.8. The average Bonchev–Trinajstić information content (AvgIpc) is 3.07. The van der Waals surface area contributed by atoms with Crippen molar-refractivity contribution in [2.75, 3.05) is 11.5 Å². The number of hydrogen-bond donors (Lipinski definition) is 1. The van der Waals surface area contributed by atoms with E-state index in [1.807, 2.05) is 25.1 Å². The van der Waals surface area contributed by atoms with Gasteiger partial charge in [0.15, 0.2) is 6.61 Å². The molecular formula is C23H27BrN2O4S. The first-order valence-electron chi connectivity index (χ1n) is 10.7. The molecule has 0 aromatic heterocycles. The van der Waals surface area contributed by atoms with Crippen molar-refractivity contribution in [1.82, 2.24) is 4.72 Å². The zero-order valence-corrected chi connectivity index (χ0v) is 19.9. The highest BCUT2D eigenvalue weighted by atomic mass is 79.9. The second kappa shape index (κ2) is 9.30. The van der Waals surface area contributed by atoms with Gasteiger partial charge in [0.05, 0.1) is 4.90 Å². The second-order valence-electron chi connectivity index (χ2n) is 8.31. The van der Waals surface area contributed by atoms with Gasteiger partial charge in [-0.3, -0.25) is 4.79 Å². The molecule has 8 heteroatoms. The fourth-order valence-electron chi connectivity index (χ4n) is 4.42. The van der Waals surface area contributed by atoms with E-state index in [1.165, 1.54) is 18.6 Å². The first-order valence-corrected chi connectivity index (χ1v) is 13.0. The molecule has 1 N–H and O–H groups in total. The average molecular weight is 507 g/mol. The molecule has 0 bridgehead atoms. The highest BCUT2D eigenvalue weighted by molar-refractivity contribution is 9.10. The van der Waals surface area contributed by atoms with Gasteiger partial charge >= 0.3 is 0 Å². The fraction of sp³-hybridized carbons (Fsp3) is 0.435. The van der Waals surface area contributed by atoms with Crippen LogP contribution in [0.5, 0.6) is 5.75 Å². The highest BCUT2D eigenvalue weighted by Crippen LogP contribution is 2.34. The molecule has 2 aromatic carbocycles. The van der Waals surface area contributed by atoms with Crippen LogP contribution in [0.4, 0.5) is 5.69 Å². The zero-order chi connectivity index (χ0) is 22.0. The molecular weight excluding hydrogens is 480 g/mol. The van der Waals surface area contributed by atoms with Crippen molar-refractivity contribution in [3.63, 3.8) is 0 Å². The second-order valence-corrected chi connectivity index (χ2v) is 10.9. The Hall–Kier alpha value is -1.90. The van der Waals surface area contributed by atoms with Gasteiger partial charge in [-0.25, -0.2) is 13.1 Å². The van der Waals surface area contributed by atoms with Crippen molar-refractivity contribution >= 4 is 37.5 Å². The van der Waals surface area contributed by atoms with Crippen LogP contribution in [-0.4, -0.2) is 33.0 Å². The lowest BCUT2D eigenvalue weighted by atomic mass is 9.96. The maximum Gasteiger partial charge on any atom is 0.265 e. The van der Waals surface area contributed by atoms with E-state index < -0.39 is 10.0 Å². The molecule has 0 saturated heterocycles. The number of nitrogens with zero attached hydrogens (tertiary/aromatic N) is 1. The third-order valence-corrected chi connectivity index (χ3v) is 7.98. The molecule has 1 amide bonds. The van der Waals surface area contributed by atoms with Crippen LogP contribution >= 0.6 is 15.9 Å². The fourth-order valence-corrected chi connectivity index (χ4v) is 6.13. The molecule has 0 radical (unpaired) electrons. The lowest BCUT2D eigenvalue weighted by molar-refractivity contribution is -0.120. The minimum Gasteiger partial charge on any atom is -0.484 e. The topological polar surface area (TPSA) is 75.7 Å². The number of anilines is 1. The summed E-state index contributed by atoms with van der Waals surface area (Å²) in [5.74, 6) is 0.345. The quantitative estimate of drug-likeness (QED) is 0.629. The predicted octanol–water partition coefficient (Wildman–Crippen LogP) is 4.42. The lowest BCUT2D eigenvalue weighted by Gasteiger charge is -2.23. The standard InChI is InChI=1S/C23H27BrN2O4S/c1-16-13-17-14-18(24)7-12-22(17)26(16)23(27)15-30-20-8-10-21(11-9-20)31(28,29)25-19-5-3-2-4-6-19/h7-12,14,16,19,25H,2-6,13,15H2,1H3. The summed E-state index contributed by atoms with van der Waals surface area (Å²) in [6, 6.07) is 12.2. The van der Waals surface area contributed by atoms with Crippen LogP contribution in [0, 0.1) is 0 Å². The molecule has 6 nitrogen and oxygen atoms in total. The van der Waals surface area contributed by atoms with Crippen LogP contribution in [0.1, 0.15) is 44.6 Å². The summed E-state index contributed by atoms with van der Waals surface area (Å²) in [5, 5.41) is 0. The van der Waals surface area contributed by atoms with E-state index in [2.05, 4.69) is 20.7 Å². The Morgan fingerprint density at radius 3 is 2.55 bits per heavy atom. The summed E-state index contributed by atoms with van der Waals surface area (Å²) < 4.78 is 34.7. The zero-order valence-electron chi connectivity index (χ0n) is 17.5. The first-order chi connectivity index (χ1) is 14.8. The Kier molecular flexibility index (Phi) is 6.69. The van der Waals surface area contributed by atoms with Gasteiger partial charge in [-0.2, -0.15) is 0 Å². The van der Waals surface area contributed by atoms with Crippen molar-refractivity contribution in [1.29, 1.82) is 0 Å². The van der Waals surface area contributed by atoms with Gasteiger partial charge in [0.1, 0.15) is 5.75 Å². The highest BCUT2D eigenvalue weighted by Gasteiger charge is 2.31. The lowest BCUT2D eigenvalue weighted by Crippen LogP contribution is -2.39. The van der Waals surface area contributed by atoms with Crippen molar-refractivity contribution in [2.24, 2.45) is 0 Å². The summed E-state index contributed by atoms with van der Waals surface area (Å²) in [5.41, 5.74) is 2.05. The molecule has 2 aromatic rings. The minimum absolute atomic E-state index is 0.0123. The summed E-state index contributed by atoms with van der Waals surface area (Å²) in [7, 11) is -3.55. The Balaban J connectivity index is 1.37. The number of rotatable bonds is 6. The Morgan fingerprint density at radius 2 is 1.84 bits per heavy atom. The molecule has 0 spiro atoms. The summed E-state index contributed by atoms with van der Waals surface area (Å²) >= 11 is 3.47. The number of carbonyl (C=O) groups is 1. The number of fused-ring (bicyclic) bond motifs is 1. The number of ether oxygens (including phenoxy) is 1. The normalized spacial score (nSPS) is 19.3. The number of hydrogen-bond acceptors (Lipinski definition) is 4. The van der Waals surface area contributed by atoms with Crippen molar-refractivity contribution < 1.29 is 17.9 Å². The van der Waals surface area contributed by atoms with Crippen LogP contribution < -0.4 is 14.4 Å². The van der Waals surface area contributed by atoms with Crippen LogP contribution in [0.15, 0.2) is 51.8 Å². The van der Waals surface area contributed by atoms with Gasteiger partial charge in [0.25, 0.3) is 5.91 Å². The Bertz CT molecular complexity index is 1050.